The zero-order valence-corrected chi connectivity index (χ0v) is 30.4. The van der Waals surface area contributed by atoms with Gasteiger partial charge in [-0.15, -0.1) is 4.91 Å². The number of nitroso groups, excluding NO2 is 1. The summed E-state index contributed by atoms with van der Waals surface area (Å²) >= 11 is 0.797. The van der Waals surface area contributed by atoms with Crippen LogP contribution in [0.4, 0.5) is 5.82 Å². The van der Waals surface area contributed by atoms with E-state index in [1.165, 1.54) is 18.5 Å². The second-order valence-electron chi connectivity index (χ2n) is 12.3. The van der Waals surface area contributed by atoms with Crippen molar-refractivity contribution >= 4 is 47.0 Å². The van der Waals surface area contributed by atoms with Crippen LogP contribution in [0.1, 0.15) is 92.8 Å². The minimum absolute atomic E-state index is 0.0806. The molecule has 4 aromatic rings. The number of nitrogens with two attached hydrogens (primary N) is 1. The van der Waals surface area contributed by atoms with E-state index in [0.29, 0.717) is 47.5 Å². The molecule has 52 heavy (non-hydrogen) atoms. The van der Waals surface area contributed by atoms with Crippen LogP contribution in [0.25, 0.3) is 11.2 Å². The van der Waals surface area contributed by atoms with E-state index in [2.05, 4.69) is 19.9 Å². The maximum atomic E-state index is 13.1. The fourth-order valence-corrected chi connectivity index (χ4v) is 8.13. The Morgan fingerprint density at radius 3 is 2.31 bits per heavy atom. The van der Waals surface area contributed by atoms with Crippen LogP contribution in [-0.4, -0.2) is 55.9 Å². The number of nitrogen functional groups attached to an aromatic ring is 1. The van der Waals surface area contributed by atoms with Gasteiger partial charge in [0.2, 0.25) is 0 Å². The summed E-state index contributed by atoms with van der Waals surface area (Å²) in [4.78, 5) is 51.7. The number of esters is 2. The molecule has 0 radical (unpaired) electrons. The van der Waals surface area contributed by atoms with Crippen LogP contribution in [0.3, 0.4) is 0 Å². The minimum atomic E-state index is -3.92. The van der Waals surface area contributed by atoms with Gasteiger partial charge in [0.15, 0.2) is 11.5 Å². The number of hydrogen-bond acceptors (Lipinski definition) is 14. The van der Waals surface area contributed by atoms with Crippen molar-refractivity contribution < 1.29 is 38.0 Å². The maximum Gasteiger partial charge on any atom is 0.409 e. The van der Waals surface area contributed by atoms with Gasteiger partial charge in [0.05, 0.1) is 24.6 Å². The van der Waals surface area contributed by atoms with Gasteiger partial charge in [-0.2, -0.15) is 0 Å². The number of imidazole rings is 1. The van der Waals surface area contributed by atoms with Gasteiger partial charge in [0, 0.05) is 23.7 Å². The Labute approximate surface area is 305 Å². The third-order valence-corrected chi connectivity index (χ3v) is 11.8. The molecule has 0 bridgehead atoms. The fraction of sp³-hybridized carbons (Fsp3) is 0.457. The number of unbranched alkanes of at least 4 members (excludes halogenated alkanes) is 7. The highest BCUT2D eigenvalue weighted by molar-refractivity contribution is 8.55. The lowest BCUT2D eigenvalue weighted by Gasteiger charge is -2.16. The average molecular weight is 755 g/mol. The molecule has 0 spiro atoms. The number of hydrogen-bond donors (Lipinski definition) is 2. The summed E-state index contributed by atoms with van der Waals surface area (Å²) in [7, 11) is 0. The molecule has 0 saturated carbocycles. The van der Waals surface area contributed by atoms with E-state index in [0.717, 1.165) is 62.7 Å². The summed E-state index contributed by atoms with van der Waals surface area (Å²) in [5.74, 6) is 0.172. The van der Waals surface area contributed by atoms with Gasteiger partial charge in [0.1, 0.15) is 29.6 Å². The molecule has 3 N–H and O–H groups in total. The highest BCUT2D eigenvalue weighted by Gasteiger charge is 2.33. The van der Waals surface area contributed by atoms with Crippen LogP contribution in [-0.2, 0) is 24.4 Å². The molecule has 0 amide bonds. The van der Waals surface area contributed by atoms with Gasteiger partial charge < -0.3 is 25.1 Å². The smallest absolute Gasteiger partial charge is 0.409 e. The molecule has 5 rings (SSSR count). The fourth-order valence-electron chi connectivity index (χ4n) is 5.62. The molecule has 3 atom stereocenters. The number of nitrogens with zero attached hydrogens (tertiary/aromatic N) is 5. The Hall–Kier alpha value is -4.21. The molecule has 3 heterocycles. The zero-order valence-electron chi connectivity index (χ0n) is 28.7. The summed E-state index contributed by atoms with van der Waals surface area (Å²) in [5, 5.41) is 8.81. The number of benzene rings is 2. The second-order valence-corrected chi connectivity index (χ2v) is 16.4. The van der Waals surface area contributed by atoms with Crippen molar-refractivity contribution in [2.75, 3.05) is 18.9 Å². The molecule has 1 aliphatic heterocycles. The lowest BCUT2D eigenvalue weighted by atomic mass is 10.1. The standard InChI is InChI=1S/C35H43N6O9PS/c36-33-32-34(38-23-37-33)41(24-39-32)30-19-18-29(48-30)21-47-51(46,40-45)52-22-25-10-14-28(15-11-25)50-35(44)26-12-16-27(17-13-26)49-31(43)9-7-5-3-1-2-4-6-8-20-42/h10-17,23-24,29-30,42H,1-9,18-22H2,(H2,36,37,38)/t29-,30+,51?/m0/s1. The van der Waals surface area contributed by atoms with Gasteiger partial charge in [-0.05, 0) is 79.0 Å². The molecular formula is C35H43N6O9PS. The van der Waals surface area contributed by atoms with Crippen LogP contribution in [0.5, 0.6) is 11.5 Å². The van der Waals surface area contributed by atoms with E-state index in [9.17, 15) is 19.1 Å². The molecule has 278 valence electrons. The van der Waals surface area contributed by atoms with Gasteiger partial charge in [0.25, 0.3) is 0 Å². The van der Waals surface area contributed by atoms with E-state index >= 15 is 0 Å². The molecule has 0 aliphatic carbocycles. The van der Waals surface area contributed by atoms with Crippen LogP contribution >= 0.6 is 18.1 Å². The first-order valence-electron chi connectivity index (χ1n) is 17.3. The highest BCUT2D eigenvalue weighted by atomic mass is 32.7. The van der Waals surface area contributed by atoms with Crippen molar-refractivity contribution in [1.82, 2.24) is 19.5 Å². The van der Waals surface area contributed by atoms with Crippen LogP contribution < -0.4 is 15.2 Å². The topological polar surface area (TPSA) is 207 Å². The first-order valence-corrected chi connectivity index (χ1v) is 20.5. The number of aliphatic hydroxyl groups is 1. The van der Waals surface area contributed by atoms with E-state index in [4.69, 9.17) is 29.6 Å². The highest BCUT2D eigenvalue weighted by Crippen LogP contribution is 2.62. The third-order valence-electron chi connectivity index (χ3n) is 8.45. The summed E-state index contributed by atoms with van der Waals surface area (Å²) in [5.41, 5.74) is 7.88. The number of carbonyl (C=O) groups is 2. The Balaban J connectivity index is 0.997. The molecular weight excluding hydrogens is 711 g/mol. The number of anilines is 1. The van der Waals surface area contributed by atoms with Gasteiger partial charge in [-0.3, -0.25) is 18.5 Å². The normalized spacial score (nSPS) is 16.8. The largest absolute Gasteiger partial charge is 0.427 e. The molecule has 1 saturated heterocycles. The third kappa shape index (κ3) is 11.4. The summed E-state index contributed by atoms with van der Waals surface area (Å²) in [6.45, 7) is -3.75. The maximum absolute atomic E-state index is 13.1. The number of ether oxygens (including phenoxy) is 3. The Morgan fingerprint density at radius 1 is 0.923 bits per heavy atom. The van der Waals surface area contributed by atoms with Crippen molar-refractivity contribution in [3.8, 4) is 11.5 Å². The molecule has 1 aliphatic rings. The van der Waals surface area contributed by atoms with Crippen LogP contribution in [0, 0.1) is 4.91 Å². The first-order chi connectivity index (χ1) is 25.3. The summed E-state index contributed by atoms with van der Waals surface area (Å²) in [6, 6.07) is 12.7. The van der Waals surface area contributed by atoms with Crippen molar-refractivity contribution in [1.29, 1.82) is 0 Å². The number of fused-ring (bicyclic) bond motifs is 1. The van der Waals surface area contributed by atoms with E-state index < -0.39 is 18.8 Å². The number of aromatic nitrogens is 4. The van der Waals surface area contributed by atoms with E-state index in [-0.39, 0.29) is 42.5 Å². The zero-order chi connectivity index (χ0) is 36.8. The second kappa shape index (κ2) is 19.6. The SMILES string of the molecule is Nc1ncnc2c1ncn2[C@H]1CC[C@@H](COP(=O)(N=O)SCc2ccc(OC(=O)c3ccc(OC(=O)CCCCCCCCCCO)cc3)cc2)O1. The van der Waals surface area contributed by atoms with Gasteiger partial charge in [-0.1, -0.05) is 50.7 Å². The first kappa shape index (κ1) is 39.0. The Bertz CT molecular complexity index is 1830. The minimum Gasteiger partial charge on any atom is -0.427 e. The van der Waals surface area contributed by atoms with E-state index in [1.54, 1.807) is 47.3 Å². The van der Waals surface area contributed by atoms with Crippen LogP contribution in [0.2, 0.25) is 0 Å². The van der Waals surface area contributed by atoms with Crippen molar-refractivity contribution in [2.24, 2.45) is 4.95 Å². The molecule has 2 aromatic heterocycles. The van der Waals surface area contributed by atoms with E-state index in [1.807, 2.05) is 0 Å². The molecule has 17 heteroatoms. The molecule has 1 unspecified atom stereocenters. The van der Waals surface area contributed by atoms with Crippen molar-refractivity contribution in [2.45, 2.75) is 88.7 Å². The Kier molecular flexibility index (Phi) is 14.7. The summed E-state index contributed by atoms with van der Waals surface area (Å²) < 4.78 is 37.2. The van der Waals surface area contributed by atoms with Crippen molar-refractivity contribution in [3.05, 3.63) is 77.2 Å². The molecule has 1 fully saturated rings. The quantitative estimate of drug-likeness (QED) is 0.0277. The average Bonchev–Trinajstić information content (AvgIpc) is 3.81. The van der Waals surface area contributed by atoms with Crippen LogP contribution in [0.15, 0.2) is 66.1 Å². The number of aliphatic hydroxyl groups excluding tert-OH is 1. The van der Waals surface area contributed by atoms with Gasteiger partial charge in [-0.25, -0.2) is 19.7 Å². The molecule has 15 nitrogen and oxygen atoms in total. The number of carbonyl (C=O) groups excluding carboxylic acids is 2. The monoisotopic (exact) mass is 754 g/mol. The predicted molar refractivity (Wildman–Crippen MR) is 196 cm³/mol. The molecule has 2 aromatic carbocycles. The van der Waals surface area contributed by atoms with Crippen molar-refractivity contribution in [3.63, 3.8) is 0 Å². The lowest BCUT2D eigenvalue weighted by molar-refractivity contribution is -0.134. The summed E-state index contributed by atoms with van der Waals surface area (Å²) in [6.07, 6.45) is 11.8. The lowest BCUT2D eigenvalue weighted by Crippen LogP contribution is -2.15. The number of rotatable bonds is 21. The predicted octanol–water partition coefficient (Wildman–Crippen LogP) is 7.54. The Morgan fingerprint density at radius 2 is 1.60 bits per heavy atom. The van der Waals surface area contributed by atoms with Gasteiger partial charge >= 0.3 is 18.7 Å².